The van der Waals surface area contributed by atoms with Gasteiger partial charge in [0.1, 0.15) is 0 Å². The predicted molar refractivity (Wildman–Crippen MR) is 127 cm³/mol. The van der Waals surface area contributed by atoms with Gasteiger partial charge < -0.3 is 9.55 Å². The molecule has 0 N–H and O–H groups in total. The summed E-state index contributed by atoms with van der Waals surface area (Å²) >= 11 is 0. The molecule has 2 heterocycles. The third kappa shape index (κ3) is 4.42. The minimum Gasteiger partial charge on any atom is -0.358 e. The molecule has 0 aliphatic rings. The number of aromatic nitrogens is 2. The number of para-hydroxylation sites is 3. The molecule has 0 aliphatic heterocycles. The molecule has 0 saturated carbocycles. The first kappa shape index (κ1) is 21.7. The van der Waals surface area contributed by atoms with Crippen LogP contribution in [-0.4, -0.2) is 9.55 Å². The molecule has 0 fully saturated rings. The van der Waals surface area contributed by atoms with E-state index in [4.69, 9.17) is 0 Å². The van der Waals surface area contributed by atoms with E-state index in [2.05, 4.69) is 64.1 Å². The van der Waals surface area contributed by atoms with Crippen LogP contribution in [0.3, 0.4) is 0 Å². The molecule has 158 valence electrons. The van der Waals surface area contributed by atoms with Crippen LogP contribution in [0.2, 0.25) is 0 Å². The van der Waals surface area contributed by atoms with E-state index in [0.717, 1.165) is 22.5 Å². The number of nitrogens with zero attached hydrogens (tertiary/aromatic N) is 2. The topological polar surface area (TPSA) is 17.8 Å². The SMILES string of the molecule is [Pt].[c-]1ccccc1-c1ccccn1.[c-]1ccccc1-n1c2[c-]cccc2c2ccccc21. The molecule has 3 heteroatoms. The first-order chi connectivity index (χ1) is 15.4. The molecule has 6 aromatic rings. The molecule has 0 spiro atoms. The Balaban J connectivity index is 0.000000164. The zero-order valence-corrected chi connectivity index (χ0v) is 19.5. The number of pyridine rings is 1. The quantitative estimate of drug-likeness (QED) is 0.200. The van der Waals surface area contributed by atoms with Gasteiger partial charge in [0.05, 0.1) is 0 Å². The Morgan fingerprint density at radius 2 is 1.31 bits per heavy atom. The summed E-state index contributed by atoms with van der Waals surface area (Å²) < 4.78 is 2.21. The van der Waals surface area contributed by atoms with Crippen LogP contribution in [0.1, 0.15) is 0 Å². The van der Waals surface area contributed by atoms with E-state index in [9.17, 15) is 0 Å². The zero-order chi connectivity index (χ0) is 20.9. The van der Waals surface area contributed by atoms with Crippen LogP contribution in [0.15, 0.2) is 115 Å². The number of fused-ring (bicyclic) bond motifs is 3. The molecule has 0 unspecified atom stereocenters. The van der Waals surface area contributed by atoms with Crippen molar-refractivity contribution in [3.8, 4) is 16.9 Å². The summed E-state index contributed by atoms with van der Waals surface area (Å²) in [6, 6.07) is 46.1. The Labute approximate surface area is 202 Å². The van der Waals surface area contributed by atoms with Gasteiger partial charge in [0.2, 0.25) is 0 Å². The first-order valence-electron chi connectivity index (χ1n) is 10.2. The average Bonchev–Trinajstić information content (AvgIpc) is 3.21. The fourth-order valence-corrected chi connectivity index (χ4v) is 3.70. The van der Waals surface area contributed by atoms with Gasteiger partial charge in [-0.2, -0.15) is 48.5 Å². The van der Waals surface area contributed by atoms with Crippen LogP contribution in [-0.2, 0) is 21.1 Å². The number of hydrogen-bond donors (Lipinski definition) is 0. The zero-order valence-electron chi connectivity index (χ0n) is 17.2. The molecule has 2 nitrogen and oxygen atoms in total. The monoisotopic (exact) mass is 590 g/mol. The fourth-order valence-electron chi connectivity index (χ4n) is 3.70. The number of benzene rings is 4. The van der Waals surface area contributed by atoms with Gasteiger partial charge in [0, 0.05) is 32.8 Å². The Kier molecular flexibility index (Phi) is 6.94. The third-order valence-corrected chi connectivity index (χ3v) is 5.08. The third-order valence-electron chi connectivity index (χ3n) is 5.08. The van der Waals surface area contributed by atoms with Crippen molar-refractivity contribution in [1.29, 1.82) is 0 Å². The van der Waals surface area contributed by atoms with Gasteiger partial charge in [-0.3, -0.25) is 0 Å². The van der Waals surface area contributed by atoms with Crippen molar-refractivity contribution in [1.82, 2.24) is 9.55 Å². The van der Waals surface area contributed by atoms with Crippen molar-refractivity contribution in [2.75, 3.05) is 0 Å². The van der Waals surface area contributed by atoms with Crippen molar-refractivity contribution >= 4 is 21.8 Å². The number of rotatable bonds is 2. The average molecular weight is 591 g/mol. The smallest absolute Gasteiger partial charge is 0.0375 e. The summed E-state index contributed by atoms with van der Waals surface area (Å²) in [5, 5.41) is 2.49. The normalized spacial score (nSPS) is 10.2. The summed E-state index contributed by atoms with van der Waals surface area (Å²) in [4.78, 5) is 4.22. The van der Waals surface area contributed by atoms with Crippen molar-refractivity contribution in [2.24, 2.45) is 0 Å². The Morgan fingerprint density at radius 1 is 0.594 bits per heavy atom. The van der Waals surface area contributed by atoms with Gasteiger partial charge in [-0.25, -0.2) is 0 Å². The van der Waals surface area contributed by atoms with Crippen molar-refractivity contribution in [3.63, 3.8) is 0 Å². The molecule has 0 atom stereocenters. The second-order valence-corrected chi connectivity index (χ2v) is 7.02. The van der Waals surface area contributed by atoms with Gasteiger partial charge >= 0.3 is 0 Å². The summed E-state index contributed by atoms with van der Waals surface area (Å²) in [5.41, 5.74) is 5.36. The molecule has 2 aromatic heterocycles. The maximum Gasteiger partial charge on any atom is 0.0375 e. The van der Waals surface area contributed by atoms with Crippen LogP contribution >= 0.6 is 0 Å². The minimum atomic E-state index is 0. The van der Waals surface area contributed by atoms with Gasteiger partial charge in [-0.1, -0.05) is 41.5 Å². The van der Waals surface area contributed by atoms with Crippen molar-refractivity contribution < 1.29 is 21.1 Å². The molecule has 0 bridgehead atoms. The molecule has 32 heavy (non-hydrogen) atoms. The van der Waals surface area contributed by atoms with E-state index in [1.165, 1.54) is 16.3 Å². The second-order valence-electron chi connectivity index (χ2n) is 7.02. The predicted octanol–water partition coefficient (Wildman–Crippen LogP) is 6.93. The summed E-state index contributed by atoms with van der Waals surface area (Å²) in [6.07, 6.45) is 1.79. The minimum absolute atomic E-state index is 0. The van der Waals surface area contributed by atoms with E-state index < -0.39 is 0 Å². The molecule has 4 aromatic carbocycles. The van der Waals surface area contributed by atoms with Gasteiger partial charge in [-0.15, -0.1) is 47.3 Å². The molecule has 6 rings (SSSR count). The van der Waals surface area contributed by atoms with Crippen LogP contribution in [0.25, 0.3) is 38.8 Å². The van der Waals surface area contributed by atoms with E-state index >= 15 is 0 Å². The van der Waals surface area contributed by atoms with Crippen LogP contribution < -0.4 is 0 Å². The molecular formula is C29H19N2Pt-3. The van der Waals surface area contributed by atoms with Crippen molar-refractivity contribution in [3.05, 3.63) is 134 Å². The molecule has 0 amide bonds. The first-order valence-corrected chi connectivity index (χ1v) is 10.2. The maximum absolute atomic E-state index is 4.22. The Bertz CT molecular complexity index is 1320. The fraction of sp³-hybridized carbons (Fsp3) is 0. The van der Waals surface area contributed by atoms with Crippen LogP contribution in [0.5, 0.6) is 0 Å². The molecule has 0 aliphatic carbocycles. The van der Waals surface area contributed by atoms with Crippen LogP contribution in [0, 0.1) is 18.2 Å². The molecular weight excluding hydrogens is 571 g/mol. The van der Waals surface area contributed by atoms with Gasteiger partial charge in [-0.05, 0) is 23.2 Å². The van der Waals surface area contributed by atoms with Gasteiger partial charge in [0.25, 0.3) is 0 Å². The molecule has 0 radical (unpaired) electrons. The van der Waals surface area contributed by atoms with E-state index in [-0.39, 0.29) is 21.1 Å². The second kappa shape index (κ2) is 10.2. The Hall–Kier alpha value is -3.48. The molecule has 0 saturated heterocycles. The summed E-state index contributed by atoms with van der Waals surface area (Å²) in [5.74, 6) is 0. The van der Waals surface area contributed by atoms with Gasteiger partial charge in [0.15, 0.2) is 0 Å². The maximum atomic E-state index is 4.22. The summed E-state index contributed by atoms with van der Waals surface area (Å²) in [7, 11) is 0. The number of hydrogen-bond acceptors (Lipinski definition) is 1. The Morgan fingerprint density at radius 3 is 2.06 bits per heavy atom. The summed E-state index contributed by atoms with van der Waals surface area (Å²) in [6.45, 7) is 0. The van der Waals surface area contributed by atoms with Crippen LogP contribution in [0.4, 0.5) is 0 Å². The van der Waals surface area contributed by atoms with E-state index in [1.54, 1.807) is 6.20 Å². The van der Waals surface area contributed by atoms with E-state index in [1.807, 2.05) is 72.8 Å². The standard InChI is InChI=1S/C18H11N.C11H8N.Pt/c1-2-8-14(9-3-1)19-17-12-6-4-10-15(17)16-11-5-7-13-18(16)19;1-2-6-10(7-3-1)11-8-4-5-9-12-11;/h1-8,10-12H;1-6,8-9H;/q-2;-1;. The largest absolute Gasteiger partial charge is 0.358 e. The van der Waals surface area contributed by atoms with Crippen molar-refractivity contribution in [2.45, 2.75) is 0 Å². The van der Waals surface area contributed by atoms with E-state index in [0.29, 0.717) is 0 Å².